The smallest absolute Gasteiger partial charge is 0.303 e. The second-order valence-electron chi connectivity index (χ2n) is 6.19. The highest BCUT2D eigenvalue weighted by Gasteiger charge is 2.04. The first kappa shape index (κ1) is 19.5. The Kier molecular flexibility index (Phi) is 7.68. The quantitative estimate of drug-likeness (QED) is 0.640. The molecule has 0 aromatic heterocycles. The van der Waals surface area contributed by atoms with Crippen LogP contribution in [0.15, 0.2) is 48.5 Å². The molecule has 2 aromatic rings. The second kappa shape index (κ2) is 10.2. The lowest BCUT2D eigenvalue weighted by Gasteiger charge is -2.09. The number of rotatable bonds is 10. The molecule has 2 rings (SSSR count). The molecule has 2 aromatic carbocycles. The molecule has 5 heteroatoms. The van der Waals surface area contributed by atoms with Gasteiger partial charge in [0, 0.05) is 19.4 Å². The van der Waals surface area contributed by atoms with Gasteiger partial charge in [0.15, 0.2) is 0 Å². The Morgan fingerprint density at radius 1 is 1.04 bits per heavy atom. The van der Waals surface area contributed by atoms with Crippen LogP contribution in [0.4, 0.5) is 0 Å². The van der Waals surface area contributed by atoms with Crippen molar-refractivity contribution >= 4 is 11.9 Å². The Balaban J connectivity index is 1.69. The summed E-state index contributed by atoms with van der Waals surface area (Å²) in [6.07, 6.45) is 1.79. The molecule has 1 amide bonds. The minimum absolute atomic E-state index is 0.0299. The van der Waals surface area contributed by atoms with E-state index in [2.05, 4.69) is 24.4 Å². The maximum atomic E-state index is 12.0. The van der Waals surface area contributed by atoms with Crippen LogP contribution < -0.4 is 10.1 Å². The number of carbonyl (C=O) groups is 2. The van der Waals surface area contributed by atoms with Crippen molar-refractivity contribution in [1.29, 1.82) is 0 Å². The van der Waals surface area contributed by atoms with Crippen LogP contribution in [0, 0.1) is 6.92 Å². The lowest BCUT2D eigenvalue weighted by Crippen LogP contribution is -2.23. The lowest BCUT2D eigenvalue weighted by atomic mass is 10.0. The predicted octanol–water partition coefficient (Wildman–Crippen LogP) is 3.49. The first-order chi connectivity index (χ1) is 12.5. The number of benzene rings is 2. The van der Waals surface area contributed by atoms with Crippen molar-refractivity contribution in [3.8, 4) is 5.75 Å². The maximum Gasteiger partial charge on any atom is 0.303 e. The van der Waals surface area contributed by atoms with E-state index in [1.807, 2.05) is 36.4 Å². The lowest BCUT2D eigenvalue weighted by molar-refractivity contribution is -0.137. The molecule has 0 aliphatic carbocycles. The third-order valence-corrected chi connectivity index (χ3v) is 4.10. The molecular formula is C21H25NO4. The van der Waals surface area contributed by atoms with Gasteiger partial charge in [0.1, 0.15) is 5.75 Å². The van der Waals surface area contributed by atoms with E-state index in [4.69, 9.17) is 9.84 Å². The molecule has 0 fully saturated rings. The van der Waals surface area contributed by atoms with Crippen LogP contribution >= 0.6 is 0 Å². The van der Waals surface area contributed by atoms with Gasteiger partial charge in [0.05, 0.1) is 6.61 Å². The minimum atomic E-state index is -0.817. The summed E-state index contributed by atoms with van der Waals surface area (Å²) in [6.45, 7) is 2.91. The average Bonchev–Trinajstić information content (AvgIpc) is 2.63. The number of aryl methyl sites for hydroxylation is 2. The van der Waals surface area contributed by atoms with Gasteiger partial charge < -0.3 is 15.2 Å². The average molecular weight is 355 g/mol. The Morgan fingerprint density at radius 2 is 1.77 bits per heavy atom. The fourth-order valence-electron chi connectivity index (χ4n) is 2.54. The molecule has 0 saturated heterocycles. The topological polar surface area (TPSA) is 75.6 Å². The van der Waals surface area contributed by atoms with Gasteiger partial charge >= 0.3 is 5.97 Å². The summed E-state index contributed by atoms with van der Waals surface area (Å²) in [7, 11) is 0. The van der Waals surface area contributed by atoms with E-state index in [1.54, 1.807) is 0 Å². The molecule has 0 aliphatic rings. The highest BCUT2D eigenvalue weighted by Crippen LogP contribution is 2.13. The van der Waals surface area contributed by atoms with Crippen LogP contribution in [-0.2, 0) is 22.6 Å². The van der Waals surface area contributed by atoms with Crippen LogP contribution in [0.5, 0.6) is 5.75 Å². The molecular weight excluding hydrogens is 330 g/mol. The SMILES string of the molecule is Cc1ccccc1CCC(=O)NCc1ccc(OCCCC(=O)O)cc1. The number of carboxylic acids is 1. The summed E-state index contributed by atoms with van der Waals surface area (Å²) in [5.41, 5.74) is 3.40. The van der Waals surface area contributed by atoms with Gasteiger partial charge in [-0.05, 0) is 48.6 Å². The summed E-state index contributed by atoms with van der Waals surface area (Å²) in [6, 6.07) is 15.5. The van der Waals surface area contributed by atoms with E-state index in [9.17, 15) is 9.59 Å². The van der Waals surface area contributed by atoms with E-state index in [-0.39, 0.29) is 12.3 Å². The number of aliphatic carboxylic acids is 1. The minimum Gasteiger partial charge on any atom is -0.494 e. The van der Waals surface area contributed by atoms with E-state index in [0.29, 0.717) is 31.7 Å². The molecule has 0 bridgehead atoms. The molecule has 0 radical (unpaired) electrons. The fraction of sp³-hybridized carbons (Fsp3) is 0.333. The summed E-state index contributed by atoms with van der Waals surface area (Å²) in [5, 5.41) is 11.5. The van der Waals surface area contributed by atoms with Gasteiger partial charge in [0.25, 0.3) is 0 Å². The van der Waals surface area contributed by atoms with Crippen molar-refractivity contribution in [1.82, 2.24) is 5.32 Å². The molecule has 0 aliphatic heterocycles. The monoisotopic (exact) mass is 355 g/mol. The van der Waals surface area contributed by atoms with E-state index in [1.165, 1.54) is 11.1 Å². The van der Waals surface area contributed by atoms with Crippen LogP contribution in [-0.4, -0.2) is 23.6 Å². The molecule has 138 valence electrons. The third-order valence-electron chi connectivity index (χ3n) is 4.10. The molecule has 0 spiro atoms. The van der Waals surface area contributed by atoms with Crippen molar-refractivity contribution in [3.63, 3.8) is 0 Å². The van der Waals surface area contributed by atoms with Gasteiger partial charge in [-0.25, -0.2) is 0 Å². The number of hydrogen-bond donors (Lipinski definition) is 2. The van der Waals surface area contributed by atoms with Crippen LogP contribution in [0.1, 0.15) is 36.0 Å². The van der Waals surface area contributed by atoms with E-state index < -0.39 is 5.97 Å². The van der Waals surface area contributed by atoms with E-state index in [0.717, 1.165) is 12.0 Å². The normalized spacial score (nSPS) is 10.3. The molecule has 0 saturated carbocycles. The van der Waals surface area contributed by atoms with E-state index >= 15 is 0 Å². The number of nitrogens with one attached hydrogen (secondary N) is 1. The zero-order valence-corrected chi connectivity index (χ0v) is 15.0. The van der Waals surface area contributed by atoms with Crippen LogP contribution in [0.25, 0.3) is 0 Å². The first-order valence-electron chi connectivity index (χ1n) is 8.79. The van der Waals surface area contributed by atoms with Crippen molar-refractivity contribution in [2.24, 2.45) is 0 Å². The van der Waals surface area contributed by atoms with Crippen molar-refractivity contribution in [2.75, 3.05) is 6.61 Å². The van der Waals surface area contributed by atoms with Crippen LogP contribution in [0.3, 0.4) is 0 Å². The zero-order chi connectivity index (χ0) is 18.8. The summed E-state index contributed by atoms with van der Waals surface area (Å²) >= 11 is 0. The molecule has 0 heterocycles. The first-order valence-corrected chi connectivity index (χ1v) is 8.79. The van der Waals surface area contributed by atoms with Gasteiger partial charge in [0.2, 0.25) is 5.91 Å². The number of carbonyl (C=O) groups excluding carboxylic acids is 1. The third kappa shape index (κ3) is 6.97. The van der Waals surface area contributed by atoms with Crippen molar-refractivity contribution < 1.29 is 19.4 Å². The van der Waals surface area contributed by atoms with Gasteiger partial charge in [-0.2, -0.15) is 0 Å². The van der Waals surface area contributed by atoms with Crippen molar-refractivity contribution in [2.45, 2.75) is 39.2 Å². The largest absolute Gasteiger partial charge is 0.494 e. The molecule has 0 atom stereocenters. The van der Waals surface area contributed by atoms with Gasteiger partial charge in [-0.3, -0.25) is 9.59 Å². The Hall–Kier alpha value is -2.82. The van der Waals surface area contributed by atoms with Crippen LogP contribution in [0.2, 0.25) is 0 Å². The highest BCUT2D eigenvalue weighted by atomic mass is 16.5. The molecule has 2 N–H and O–H groups in total. The molecule has 0 unspecified atom stereocenters. The summed E-state index contributed by atoms with van der Waals surface area (Å²) < 4.78 is 5.49. The summed E-state index contributed by atoms with van der Waals surface area (Å²) in [5.74, 6) is -0.0885. The second-order valence-corrected chi connectivity index (χ2v) is 6.19. The number of amides is 1. The molecule has 26 heavy (non-hydrogen) atoms. The maximum absolute atomic E-state index is 12.0. The highest BCUT2D eigenvalue weighted by molar-refractivity contribution is 5.76. The van der Waals surface area contributed by atoms with Gasteiger partial charge in [-0.15, -0.1) is 0 Å². The Labute approximate surface area is 154 Å². The predicted molar refractivity (Wildman–Crippen MR) is 100 cm³/mol. The standard InChI is InChI=1S/C21H25NO4/c1-16-5-2-3-6-18(16)10-13-20(23)22-15-17-8-11-19(12-9-17)26-14-4-7-21(24)25/h2-3,5-6,8-9,11-12H,4,7,10,13-15H2,1H3,(H,22,23)(H,24,25). The Morgan fingerprint density at radius 3 is 2.46 bits per heavy atom. The zero-order valence-electron chi connectivity index (χ0n) is 15.0. The molecule has 5 nitrogen and oxygen atoms in total. The Bertz CT molecular complexity index is 725. The summed E-state index contributed by atoms with van der Waals surface area (Å²) in [4.78, 5) is 22.4. The van der Waals surface area contributed by atoms with Gasteiger partial charge in [-0.1, -0.05) is 36.4 Å². The number of carboxylic acid groups (broad SMARTS) is 1. The number of hydrogen-bond acceptors (Lipinski definition) is 3. The fourth-order valence-corrected chi connectivity index (χ4v) is 2.54. The van der Waals surface area contributed by atoms with Crippen molar-refractivity contribution in [3.05, 3.63) is 65.2 Å². The number of ether oxygens (including phenoxy) is 1.